The third kappa shape index (κ3) is 2.49. The van der Waals surface area contributed by atoms with Gasteiger partial charge in [-0.1, -0.05) is 0 Å². The van der Waals surface area contributed by atoms with Crippen LogP contribution >= 0.6 is 15.9 Å². The first-order chi connectivity index (χ1) is 6.90. The molecular weight excluding hydrogens is 273 g/mol. The van der Waals surface area contributed by atoms with Gasteiger partial charge in [0.05, 0.1) is 11.1 Å². The van der Waals surface area contributed by atoms with Crippen LogP contribution in [0, 0.1) is 11.3 Å². The summed E-state index contributed by atoms with van der Waals surface area (Å²) < 4.78 is 37.5. The fraction of sp³-hybridized carbons (Fsp3) is 0.222. The van der Waals surface area contributed by atoms with Crippen LogP contribution in [0.4, 0.5) is 13.2 Å². The van der Waals surface area contributed by atoms with Crippen molar-refractivity contribution in [2.75, 3.05) is 0 Å². The quantitative estimate of drug-likeness (QED) is 0.859. The number of benzene rings is 1. The molecule has 0 aromatic heterocycles. The van der Waals surface area contributed by atoms with Gasteiger partial charge in [-0.3, -0.25) is 0 Å². The molecule has 0 aliphatic heterocycles. The summed E-state index contributed by atoms with van der Waals surface area (Å²) in [6, 6.07) is 3.41. The molecule has 0 spiro atoms. The van der Waals surface area contributed by atoms with Crippen LogP contribution in [0.5, 0.6) is 0 Å². The Morgan fingerprint density at radius 1 is 1.40 bits per heavy atom. The van der Waals surface area contributed by atoms with E-state index in [1.165, 1.54) is 0 Å². The first kappa shape index (κ1) is 12.0. The van der Waals surface area contributed by atoms with Gasteiger partial charge in [-0.25, -0.2) is 0 Å². The topological polar surface area (TPSA) is 49.8 Å². The van der Waals surface area contributed by atoms with Crippen molar-refractivity contribution in [3.63, 3.8) is 0 Å². The van der Waals surface area contributed by atoms with Crippen molar-refractivity contribution in [3.8, 4) is 6.07 Å². The van der Waals surface area contributed by atoms with E-state index >= 15 is 0 Å². The zero-order valence-electron chi connectivity index (χ0n) is 7.40. The second-order valence-electron chi connectivity index (χ2n) is 2.81. The summed E-state index contributed by atoms with van der Waals surface area (Å²) in [6.45, 7) is -0.0564. The van der Waals surface area contributed by atoms with Crippen LogP contribution < -0.4 is 5.73 Å². The van der Waals surface area contributed by atoms with Gasteiger partial charge in [0.2, 0.25) is 0 Å². The molecule has 2 nitrogen and oxygen atoms in total. The van der Waals surface area contributed by atoms with E-state index in [0.29, 0.717) is 4.47 Å². The Morgan fingerprint density at radius 3 is 2.40 bits per heavy atom. The molecule has 1 aromatic carbocycles. The second kappa shape index (κ2) is 4.21. The normalized spacial score (nSPS) is 11.2. The fourth-order valence-corrected chi connectivity index (χ4v) is 1.56. The Balaban J connectivity index is 3.42. The Kier molecular flexibility index (Phi) is 3.37. The van der Waals surface area contributed by atoms with E-state index in [2.05, 4.69) is 15.9 Å². The molecule has 0 atom stereocenters. The van der Waals surface area contributed by atoms with Crippen molar-refractivity contribution < 1.29 is 13.2 Å². The highest BCUT2D eigenvalue weighted by atomic mass is 79.9. The molecule has 0 saturated heterocycles. The summed E-state index contributed by atoms with van der Waals surface area (Å²) >= 11 is 3.03. The van der Waals surface area contributed by atoms with E-state index in [1.54, 1.807) is 6.07 Å². The molecule has 0 bridgehead atoms. The lowest BCUT2D eigenvalue weighted by Crippen LogP contribution is -2.08. The zero-order valence-corrected chi connectivity index (χ0v) is 8.98. The first-order valence-corrected chi connectivity index (χ1v) is 4.69. The molecule has 0 fully saturated rings. The highest BCUT2D eigenvalue weighted by Crippen LogP contribution is 2.33. The molecule has 80 valence electrons. The van der Waals surface area contributed by atoms with Gasteiger partial charge in [0.25, 0.3) is 0 Å². The lowest BCUT2D eigenvalue weighted by Gasteiger charge is -2.10. The average molecular weight is 279 g/mol. The van der Waals surface area contributed by atoms with Crippen LogP contribution in [-0.2, 0) is 12.7 Å². The maximum atomic E-state index is 12.4. The molecule has 0 radical (unpaired) electrons. The van der Waals surface area contributed by atoms with Crippen LogP contribution in [0.1, 0.15) is 16.7 Å². The molecule has 1 aromatic rings. The lowest BCUT2D eigenvalue weighted by atomic mass is 10.1. The van der Waals surface area contributed by atoms with E-state index in [1.807, 2.05) is 0 Å². The maximum Gasteiger partial charge on any atom is 0.416 e. The van der Waals surface area contributed by atoms with Gasteiger partial charge in [-0.2, -0.15) is 18.4 Å². The number of nitrogens with zero attached hydrogens (tertiary/aromatic N) is 1. The van der Waals surface area contributed by atoms with Crippen molar-refractivity contribution in [2.24, 2.45) is 5.73 Å². The molecule has 0 aliphatic carbocycles. The summed E-state index contributed by atoms with van der Waals surface area (Å²) in [6.07, 6.45) is -4.46. The van der Waals surface area contributed by atoms with Crippen molar-refractivity contribution in [1.29, 1.82) is 5.26 Å². The van der Waals surface area contributed by atoms with E-state index in [9.17, 15) is 13.2 Å². The monoisotopic (exact) mass is 278 g/mol. The van der Waals surface area contributed by atoms with Crippen LogP contribution in [-0.4, -0.2) is 0 Å². The van der Waals surface area contributed by atoms with Crippen LogP contribution in [0.25, 0.3) is 0 Å². The lowest BCUT2D eigenvalue weighted by molar-refractivity contribution is -0.137. The number of hydrogen-bond donors (Lipinski definition) is 1. The van der Waals surface area contributed by atoms with Gasteiger partial charge in [0, 0.05) is 11.0 Å². The van der Waals surface area contributed by atoms with Crippen molar-refractivity contribution >= 4 is 15.9 Å². The first-order valence-electron chi connectivity index (χ1n) is 3.90. The number of alkyl halides is 3. The predicted molar refractivity (Wildman–Crippen MR) is 51.8 cm³/mol. The Bertz CT molecular complexity index is 421. The molecular formula is C9H6BrF3N2. The summed E-state index contributed by atoms with van der Waals surface area (Å²) in [5, 5.41) is 8.64. The van der Waals surface area contributed by atoms with Crippen LogP contribution in [0.3, 0.4) is 0 Å². The Morgan fingerprint density at radius 2 is 2.00 bits per heavy atom. The third-order valence-electron chi connectivity index (χ3n) is 1.82. The number of nitriles is 1. The molecule has 15 heavy (non-hydrogen) atoms. The standard InChI is InChI=1S/C9H6BrF3N2/c10-8-5(3-14)1-7(9(11,12)13)2-6(8)4-15/h1-2H,3,14H2. The summed E-state index contributed by atoms with van der Waals surface area (Å²) in [5.41, 5.74) is 4.62. The van der Waals surface area contributed by atoms with Crippen LogP contribution in [0.15, 0.2) is 16.6 Å². The highest BCUT2D eigenvalue weighted by molar-refractivity contribution is 9.10. The second-order valence-corrected chi connectivity index (χ2v) is 3.60. The molecule has 0 aliphatic rings. The summed E-state index contributed by atoms with van der Waals surface area (Å²) in [5.74, 6) is 0. The van der Waals surface area contributed by atoms with Crippen molar-refractivity contribution in [2.45, 2.75) is 12.7 Å². The highest BCUT2D eigenvalue weighted by Gasteiger charge is 2.31. The zero-order chi connectivity index (χ0) is 11.6. The van der Waals surface area contributed by atoms with E-state index < -0.39 is 11.7 Å². The molecule has 6 heteroatoms. The largest absolute Gasteiger partial charge is 0.416 e. The molecule has 0 amide bonds. The molecule has 0 unspecified atom stereocenters. The number of nitrogens with two attached hydrogens (primary N) is 1. The number of halogens is 4. The average Bonchev–Trinajstić information content (AvgIpc) is 2.16. The maximum absolute atomic E-state index is 12.4. The van der Waals surface area contributed by atoms with Gasteiger partial charge in [-0.15, -0.1) is 0 Å². The smallest absolute Gasteiger partial charge is 0.326 e. The SMILES string of the molecule is N#Cc1cc(C(F)(F)F)cc(CN)c1Br. The van der Waals surface area contributed by atoms with Gasteiger partial charge >= 0.3 is 6.18 Å². The van der Waals surface area contributed by atoms with Gasteiger partial charge in [-0.05, 0) is 33.6 Å². The molecule has 0 saturated carbocycles. The van der Waals surface area contributed by atoms with Gasteiger partial charge in [0.15, 0.2) is 0 Å². The minimum atomic E-state index is -4.46. The number of rotatable bonds is 1. The van der Waals surface area contributed by atoms with Crippen LogP contribution in [0.2, 0.25) is 0 Å². The predicted octanol–water partition coefficient (Wildman–Crippen LogP) is 2.80. The summed E-state index contributed by atoms with van der Waals surface area (Å²) in [4.78, 5) is 0. The fourth-order valence-electron chi connectivity index (χ4n) is 1.08. The third-order valence-corrected chi connectivity index (χ3v) is 2.75. The van der Waals surface area contributed by atoms with E-state index in [-0.39, 0.29) is 17.7 Å². The van der Waals surface area contributed by atoms with E-state index in [0.717, 1.165) is 12.1 Å². The molecule has 1 rings (SSSR count). The van der Waals surface area contributed by atoms with Crippen molar-refractivity contribution in [3.05, 3.63) is 33.3 Å². The van der Waals surface area contributed by atoms with Crippen molar-refractivity contribution in [1.82, 2.24) is 0 Å². The summed E-state index contributed by atoms with van der Waals surface area (Å²) in [7, 11) is 0. The molecule has 0 heterocycles. The number of hydrogen-bond acceptors (Lipinski definition) is 2. The van der Waals surface area contributed by atoms with Gasteiger partial charge < -0.3 is 5.73 Å². The minimum absolute atomic E-state index is 0.0564. The van der Waals surface area contributed by atoms with E-state index in [4.69, 9.17) is 11.0 Å². The molecule has 2 N–H and O–H groups in total. The minimum Gasteiger partial charge on any atom is -0.326 e. The van der Waals surface area contributed by atoms with Gasteiger partial charge in [0.1, 0.15) is 6.07 Å². The Labute approximate surface area is 92.6 Å². The Hall–Kier alpha value is -1.06.